The average molecular weight is 365 g/mol. The van der Waals surface area contributed by atoms with Gasteiger partial charge in [0.2, 0.25) is 6.29 Å². The zero-order valence-electron chi connectivity index (χ0n) is 13.5. The maximum absolute atomic E-state index is 10.4. The molecule has 11 nitrogen and oxygen atoms in total. The molecule has 11 heteroatoms. The fraction of sp³-hybridized carbons (Fsp3) is 0.929. The van der Waals surface area contributed by atoms with Crippen LogP contribution in [0.15, 0.2) is 4.99 Å². The van der Waals surface area contributed by atoms with Gasteiger partial charge in [0.25, 0.3) is 0 Å². The van der Waals surface area contributed by atoms with Crippen LogP contribution in [0.25, 0.3) is 0 Å². The van der Waals surface area contributed by atoms with Crippen molar-refractivity contribution in [2.75, 3.05) is 13.2 Å². The van der Waals surface area contributed by atoms with E-state index in [1.54, 1.807) is 6.92 Å². The van der Waals surface area contributed by atoms with E-state index in [2.05, 4.69) is 4.99 Å². The molecular weight excluding hydrogens is 342 g/mol. The molecule has 0 bridgehead atoms. The maximum atomic E-state index is 10.4. The molecule has 3 aliphatic heterocycles. The van der Waals surface area contributed by atoms with E-state index in [0.29, 0.717) is 5.90 Å². The topological polar surface area (TPSA) is 171 Å². The van der Waals surface area contributed by atoms with Gasteiger partial charge in [-0.15, -0.1) is 0 Å². The summed E-state index contributed by atoms with van der Waals surface area (Å²) in [4.78, 5) is 4.18. The number of aliphatic hydroxyl groups is 6. The van der Waals surface area contributed by atoms with E-state index in [1.807, 2.05) is 0 Å². The van der Waals surface area contributed by atoms with Gasteiger partial charge in [-0.1, -0.05) is 0 Å². The molecule has 144 valence electrons. The summed E-state index contributed by atoms with van der Waals surface area (Å²) in [5, 5.41) is 58.7. The summed E-state index contributed by atoms with van der Waals surface area (Å²) in [5.74, 6) is 0.309. The van der Waals surface area contributed by atoms with E-state index in [0.717, 1.165) is 0 Å². The molecule has 6 unspecified atom stereocenters. The number of rotatable bonds is 4. The molecule has 10 atom stereocenters. The highest BCUT2D eigenvalue weighted by Gasteiger charge is 2.53. The first-order valence-electron chi connectivity index (χ1n) is 7.98. The van der Waals surface area contributed by atoms with Crippen LogP contribution in [0.1, 0.15) is 6.92 Å². The second kappa shape index (κ2) is 7.39. The lowest BCUT2D eigenvalue weighted by Gasteiger charge is -2.44. The Kier molecular flexibility index (Phi) is 5.58. The second-order valence-corrected chi connectivity index (χ2v) is 6.27. The normalized spacial score (nSPS) is 50.1. The minimum atomic E-state index is -1.62. The number of nitrogens with zero attached hydrogens (tertiary/aromatic N) is 1. The molecular formula is C14H23NO10. The first kappa shape index (κ1) is 18.9. The maximum Gasteiger partial charge on any atom is 0.227 e. The molecule has 3 aliphatic rings. The summed E-state index contributed by atoms with van der Waals surface area (Å²) >= 11 is 0. The average Bonchev–Trinajstić information content (AvgIpc) is 2.97. The Morgan fingerprint density at radius 1 is 0.920 bits per heavy atom. The fourth-order valence-electron chi connectivity index (χ4n) is 3.19. The van der Waals surface area contributed by atoms with Gasteiger partial charge in [0.1, 0.15) is 48.8 Å². The molecule has 0 saturated carbocycles. The molecule has 0 aromatic rings. The first-order valence-corrected chi connectivity index (χ1v) is 7.98. The van der Waals surface area contributed by atoms with E-state index in [4.69, 9.17) is 18.9 Å². The van der Waals surface area contributed by atoms with Gasteiger partial charge in [-0.3, -0.25) is 0 Å². The number of fused-ring (bicyclic) bond motifs is 1. The van der Waals surface area contributed by atoms with Gasteiger partial charge < -0.3 is 49.6 Å². The lowest BCUT2D eigenvalue weighted by molar-refractivity contribution is -0.336. The van der Waals surface area contributed by atoms with Crippen molar-refractivity contribution in [2.24, 2.45) is 4.99 Å². The standard InChI is InChI=1S/C14H23NO10/c1-4-15-7-12(9(19)6(3-17)23-13(7)22-4)25-14-11(21)10(20)8(18)5(2-16)24-14/h5-14,16-21H,2-3H2,1H3/t5?,6?,7?,8-,9+,10?,11?,12?,13-,14-/m0/s1. The van der Waals surface area contributed by atoms with Crippen LogP contribution in [0, 0.1) is 0 Å². The number of aliphatic hydroxyl groups excluding tert-OH is 6. The minimum Gasteiger partial charge on any atom is -0.450 e. The van der Waals surface area contributed by atoms with Crippen molar-refractivity contribution < 1.29 is 49.6 Å². The van der Waals surface area contributed by atoms with Gasteiger partial charge in [-0.05, 0) is 0 Å². The highest BCUT2D eigenvalue weighted by molar-refractivity contribution is 5.75. The molecule has 2 saturated heterocycles. The summed E-state index contributed by atoms with van der Waals surface area (Å²) in [6.07, 6.45) is -11.6. The largest absolute Gasteiger partial charge is 0.450 e. The van der Waals surface area contributed by atoms with Crippen molar-refractivity contribution in [1.82, 2.24) is 0 Å². The SMILES string of the molecule is CC1=NC2C(O[C@@H]3OC(CO)[C@H](O)C(O)C3O)[C@H](O)C(CO)O[C@@H]2O1. The summed E-state index contributed by atoms with van der Waals surface area (Å²) in [7, 11) is 0. The van der Waals surface area contributed by atoms with Crippen molar-refractivity contribution >= 4 is 5.90 Å². The van der Waals surface area contributed by atoms with Gasteiger partial charge in [-0.2, -0.15) is 0 Å². The van der Waals surface area contributed by atoms with Crippen molar-refractivity contribution in [3.8, 4) is 0 Å². The van der Waals surface area contributed by atoms with E-state index >= 15 is 0 Å². The quantitative estimate of drug-likeness (QED) is 0.289. The van der Waals surface area contributed by atoms with Crippen LogP contribution in [0.4, 0.5) is 0 Å². The third-order valence-corrected chi connectivity index (χ3v) is 4.58. The molecule has 25 heavy (non-hydrogen) atoms. The lowest BCUT2D eigenvalue weighted by atomic mass is 9.96. The van der Waals surface area contributed by atoms with E-state index < -0.39 is 74.6 Å². The Bertz CT molecular complexity index is 502. The molecule has 0 aromatic carbocycles. The number of aliphatic imine (C=N–C) groups is 1. The van der Waals surface area contributed by atoms with Gasteiger partial charge in [0.05, 0.1) is 13.2 Å². The zero-order chi connectivity index (χ0) is 18.3. The third kappa shape index (κ3) is 3.39. The predicted octanol–water partition coefficient (Wildman–Crippen LogP) is -3.93. The molecule has 3 rings (SSSR count). The van der Waals surface area contributed by atoms with Crippen LogP contribution in [0.2, 0.25) is 0 Å². The summed E-state index contributed by atoms with van der Waals surface area (Å²) in [6, 6.07) is -0.773. The van der Waals surface area contributed by atoms with E-state index in [1.165, 1.54) is 0 Å². The zero-order valence-corrected chi connectivity index (χ0v) is 13.5. The summed E-state index contributed by atoms with van der Waals surface area (Å²) in [6.45, 7) is 0.487. The Hall–Kier alpha value is -0.890. The monoisotopic (exact) mass is 365 g/mol. The molecule has 0 radical (unpaired) electrons. The molecule has 0 aliphatic carbocycles. The van der Waals surface area contributed by atoms with Crippen molar-refractivity contribution in [2.45, 2.75) is 68.3 Å². The third-order valence-electron chi connectivity index (χ3n) is 4.58. The minimum absolute atomic E-state index is 0.309. The van der Waals surface area contributed by atoms with Crippen molar-refractivity contribution in [3.63, 3.8) is 0 Å². The molecule has 0 amide bonds. The summed E-state index contributed by atoms with van der Waals surface area (Å²) < 4.78 is 21.7. The van der Waals surface area contributed by atoms with Crippen LogP contribution < -0.4 is 0 Å². The van der Waals surface area contributed by atoms with Crippen LogP contribution >= 0.6 is 0 Å². The number of hydrogen-bond donors (Lipinski definition) is 6. The predicted molar refractivity (Wildman–Crippen MR) is 78.4 cm³/mol. The number of hydrogen-bond acceptors (Lipinski definition) is 11. The lowest BCUT2D eigenvalue weighted by Crippen LogP contribution is -2.63. The second-order valence-electron chi connectivity index (χ2n) is 6.27. The first-order chi connectivity index (χ1) is 11.9. The number of ether oxygens (including phenoxy) is 4. The molecule has 2 fully saturated rings. The highest BCUT2D eigenvalue weighted by Crippen LogP contribution is 2.33. The summed E-state index contributed by atoms with van der Waals surface area (Å²) in [5.41, 5.74) is 0. The fourth-order valence-corrected chi connectivity index (χ4v) is 3.19. The Labute approximate surface area is 143 Å². The molecule has 3 heterocycles. The Balaban J connectivity index is 1.78. The van der Waals surface area contributed by atoms with E-state index in [9.17, 15) is 30.6 Å². The van der Waals surface area contributed by atoms with Gasteiger partial charge in [-0.25, -0.2) is 4.99 Å². The van der Waals surface area contributed by atoms with Gasteiger partial charge in [0, 0.05) is 6.92 Å². The van der Waals surface area contributed by atoms with Crippen LogP contribution in [0.3, 0.4) is 0 Å². The Morgan fingerprint density at radius 2 is 1.56 bits per heavy atom. The van der Waals surface area contributed by atoms with Gasteiger partial charge >= 0.3 is 0 Å². The van der Waals surface area contributed by atoms with E-state index in [-0.39, 0.29) is 0 Å². The van der Waals surface area contributed by atoms with Crippen LogP contribution in [-0.2, 0) is 18.9 Å². The molecule has 6 N–H and O–H groups in total. The highest BCUT2D eigenvalue weighted by atomic mass is 16.7. The van der Waals surface area contributed by atoms with Crippen molar-refractivity contribution in [3.05, 3.63) is 0 Å². The molecule has 0 spiro atoms. The molecule has 0 aromatic heterocycles. The smallest absolute Gasteiger partial charge is 0.227 e. The Morgan fingerprint density at radius 3 is 2.20 bits per heavy atom. The van der Waals surface area contributed by atoms with Crippen molar-refractivity contribution in [1.29, 1.82) is 0 Å². The van der Waals surface area contributed by atoms with Gasteiger partial charge in [0.15, 0.2) is 12.2 Å². The van der Waals surface area contributed by atoms with Crippen LogP contribution in [0.5, 0.6) is 0 Å². The van der Waals surface area contributed by atoms with Crippen LogP contribution in [-0.4, -0.2) is 111 Å².